The van der Waals surface area contributed by atoms with Crippen molar-refractivity contribution in [3.05, 3.63) is 60.1 Å². The molecule has 1 N–H and O–H groups in total. The van der Waals surface area contributed by atoms with Gasteiger partial charge in [0.25, 0.3) is 0 Å². The van der Waals surface area contributed by atoms with Gasteiger partial charge in [0.05, 0.1) is 18.6 Å². The van der Waals surface area contributed by atoms with Gasteiger partial charge in [-0.3, -0.25) is 0 Å². The fourth-order valence-corrected chi connectivity index (χ4v) is 2.39. The molecular formula is C16H21NO2. The number of benzene rings is 1. The van der Waals surface area contributed by atoms with Crippen LogP contribution in [0.3, 0.4) is 0 Å². The molecule has 2 rings (SSSR count). The highest BCUT2D eigenvalue weighted by Crippen LogP contribution is 2.23. The first kappa shape index (κ1) is 13.8. The van der Waals surface area contributed by atoms with Gasteiger partial charge in [-0.2, -0.15) is 0 Å². The SMILES string of the molecule is CCNC(Cc1ccoc1)C(OC)c1ccccc1. The maximum Gasteiger partial charge on any atom is 0.0977 e. The predicted molar refractivity (Wildman–Crippen MR) is 76.1 cm³/mol. The zero-order chi connectivity index (χ0) is 13.5. The molecule has 0 aliphatic heterocycles. The van der Waals surface area contributed by atoms with Gasteiger partial charge >= 0.3 is 0 Å². The van der Waals surface area contributed by atoms with Gasteiger partial charge < -0.3 is 14.5 Å². The second-order valence-corrected chi connectivity index (χ2v) is 4.57. The molecule has 3 nitrogen and oxygen atoms in total. The molecule has 0 saturated carbocycles. The highest BCUT2D eigenvalue weighted by atomic mass is 16.5. The fourth-order valence-electron chi connectivity index (χ4n) is 2.39. The van der Waals surface area contributed by atoms with Crippen LogP contribution in [-0.2, 0) is 11.2 Å². The van der Waals surface area contributed by atoms with E-state index in [1.807, 2.05) is 24.3 Å². The summed E-state index contributed by atoms with van der Waals surface area (Å²) in [5.41, 5.74) is 2.38. The monoisotopic (exact) mass is 259 g/mol. The number of furan rings is 1. The lowest BCUT2D eigenvalue weighted by atomic mass is 9.97. The molecule has 1 heterocycles. The Balaban J connectivity index is 2.16. The van der Waals surface area contributed by atoms with Crippen LogP contribution in [0.1, 0.15) is 24.2 Å². The Bertz CT molecular complexity index is 453. The van der Waals surface area contributed by atoms with Crippen molar-refractivity contribution in [2.75, 3.05) is 13.7 Å². The Morgan fingerprint density at radius 2 is 2.00 bits per heavy atom. The molecule has 2 atom stereocenters. The summed E-state index contributed by atoms with van der Waals surface area (Å²) in [7, 11) is 1.76. The predicted octanol–water partition coefficient (Wildman–Crippen LogP) is 3.19. The summed E-state index contributed by atoms with van der Waals surface area (Å²) >= 11 is 0. The first-order valence-electron chi connectivity index (χ1n) is 6.67. The van der Waals surface area contributed by atoms with Gasteiger partial charge in [-0.15, -0.1) is 0 Å². The minimum Gasteiger partial charge on any atom is -0.472 e. The van der Waals surface area contributed by atoms with Gasteiger partial charge in [0.1, 0.15) is 0 Å². The quantitative estimate of drug-likeness (QED) is 0.829. The maximum absolute atomic E-state index is 5.71. The van der Waals surface area contributed by atoms with Crippen LogP contribution in [0, 0.1) is 0 Å². The highest BCUT2D eigenvalue weighted by molar-refractivity contribution is 5.20. The van der Waals surface area contributed by atoms with Crippen LogP contribution in [-0.4, -0.2) is 19.7 Å². The van der Waals surface area contributed by atoms with Crippen molar-refractivity contribution in [3.8, 4) is 0 Å². The van der Waals surface area contributed by atoms with Crippen LogP contribution in [0.25, 0.3) is 0 Å². The zero-order valence-corrected chi connectivity index (χ0v) is 11.5. The van der Waals surface area contributed by atoms with Crippen molar-refractivity contribution in [1.82, 2.24) is 5.32 Å². The summed E-state index contributed by atoms with van der Waals surface area (Å²) in [5.74, 6) is 0. The lowest BCUT2D eigenvalue weighted by molar-refractivity contribution is 0.0683. The summed E-state index contributed by atoms with van der Waals surface area (Å²) in [6.45, 7) is 3.02. The Morgan fingerprint density at radius 3 is 2.58 bits per heavy atom. The van der Waals surface area contributed by atoms with Crippen LogP contribution in [0.5, 0.6) is 0 Å². The van der Waals surface area contributed by atoms with Gasteiger partial charge in [-0.1, -0.05) is 37.3 Å². The van der Waals surface area contributed by atoms with Crippen LogP contribution in [0.15, 0.2) is 53.3 Å². The molecule has 0 aliphatic rings. The average molecular weight is 259 g/mol. The van der Waals surface area contributed by atoms with Crippen LogP contribution < -0.4 is 5.32 Å². The van der Waals surface area contributed by atoms with E-state index < -0.39 is 0 Å². The van der Waals surface area contributed by atoms with E-state index in [0.29, 0.717) is 0 Å². The van der Waals surface area contributed by atoms with Gasteiger partial charge in [-0.05, 0) is 30.2 Å². The van der Waals surface area contributed by atoms with E-state index in [1.54, 1.807) is 19.6 Å². The van der Waals surface area contributed by atoms with Gasteiger partial charge in [0.2, 0.25) is 0 Å². The number of nitrogens with one attached hydrogen (secondary N) is 1. The van der Waals surface area contributed by atoms with Crippen LogP contribution in [0.4, 0.5) is 0 Å². The molecule has 102 valence electrons. The molecule has 2 unspecified atom stereocenters. The summed E-state index contributed by atoms with van der Waals surface area (Å²) < 4.78 is 10.9. The molecule has 0 aliphatic carbocycles. The zero-order valence-electron chi connectivity index (χ0n) is 11.5. The van der Waals surface area contributed by atoms with E-state index in [0.717, 1.165) is 13.0 Å². The normalized spacial score (nSPS) is 14.2. The van der Waals surface area contributed by atoms with Crippen molar-refractivity contribution in [2.45, 2.75) is 25.5 Å². The Hall–Kier alpha value is -1.58. The smallest absolute Gasteiger partial charge is 0.0977 e. The van der Waals surface area contributed by atoms with Crippen LogP contribution >= 0.6 is 0 Å². The van der Waals surface area contributed by atoms with E-state index in [9.17, 15) is 0 Å². The number of hydrogen-bond donors (Lipinski definition) is 1. The van der Waals surface area contributed by atoms with E-state index >= 15 is 0 Å². The molecule has 0 fully saturated rings. The van der Waals surface area contributed by atoms with Gasteiger partial charge in [0.15, 0.2) is 0 Å². The molecular weight excluding hydrogens is 238 g/mol. The highest BCUT2D eigenvalue weighted by Gasteiger charge is 2.22. The van der Waals surface area contributed by atoms with Crippen molar-refractivity contribution in [2.24, 2.45) is 0 Å². The number of hydrogen-bond acceptors (Lipinski definition) is 3. The number of likely N-dealkylation sites (N-methyl/N-ethyl adjacent to an activating group) is 1. The Kier molecular flexibility index (Phi) is 5.19. The summed E-state index contributed by atoms with van der Waals surface area (Å²) in [4.78, 5) is 0. The summed E-state index contributed by atoms with van der Waals surface area (Å²) in [6, 6.07) is 12.6. The minimum absolute atomic E-state index is 0.0380. The van der Waals surface area contributed by atoms with E-state index in [2.05, 4.69) is 24.4 Å². The summed E-state index contributed by atoms with van der Waals surface area (Å²) in [5, 5.41) is 3.50. The van der Waals surface area contributed by atoms with Crippen molar-refractivity contribution in [1.29, 1.82) is 0 Å². The molecule has 0 bridgehead atoms. The topological polar surface area (TPSA) is 34.4 Å². The lowest BCUT2D eigenvalue weighted by Crippen LogP contribution is -2.37. The largest absolute Gasteiger partial charge is 0.472 e. The first-order valence-corrected chi connectivity index (χ1v) is 6.67. The Labute approximate surface area is 114 Å². The average Bonchev–Trinajstić information content (AvgIpc) is 2.94. The van der Waals surface area contributed by atoms with E-state index in [1.165, 1.54) is 11.1 Å². The first-order chi connectivity index (χ1) is 9.35. The third kappa shape index (κ3) is 3.69. The van der Waals surface area contributed by atoms with E-state index in [-0.39, 0.29) is 12.1 Å². The number of rotatable bonds is 7. The lowest BCUT2D eigenvalue weighted by Gasteiger charge is -2.27. The standard InChI is InChI=1S/C16H21NO2/c1-3-17-15(11-13-9-10-19-12-13)16(18-2)14-7-5-4-6-8-14/h4-10,12,15-17H,3,11H2,1-2H3. The van der Waals surface area contributed by atoms with Crippen molar-refractivity contribution in [3.63, 3.8) is 0 Å². The van der Waals surface area contributed by atoms with E-state index in [4.69, 9.17) is 9.15 Å². The molecule has 1 aromatic heterocycles. The molecule has 0 amide bonds. The fraction of sp³-hybridized carbons (Fsp3) is 0.375. The minimum atomic E-state index is 0.0380. The molecule has 1 aromatic carbocycles. The van der Waals surface area contributed by atoms with Crippen LogP contribution in [0.2, 0.25) is 0 Å². The molecule has 0 saturated heterocycles. The molecule has 3 heteroatoms. The summed E-state index contributed by atoms with van der Waals surface area (Å²) in [6.07, 6.45) is 4.43. The second-order valence-electron chi connectivity index (χ2n) is 4.57. The Morgan fingerprint density at radius 1 is 1.21 bits per heavy atom. The molecule has 2 aromatic rings. The molecule has 0 radical (unpaired) electrons. The maximum atomic E-state index is 5.71. The molecule has 19 heavy (non-hydrogen) atoms. The number of methoxy groups -OCH3 is 1. The van der Waals surface area contributed by atoms with Gasteiger partial charge in [-0.25, -0.2) is 0 Å². The second kappa shape index (κ2) is 7.12. The van der Waals surface area contributed by atoms with Crippen molar-refractivity contribution >= 4 is 0 Å². The molecule has 0 spiro atoms. The van der Waals surface area contributed by atoms with Crippen molar-refractivity contribution < 1.29 is 9.15 Å². The van der Waals surface area contributed by atoms with Gasteiger partial charge in [0, 0.05) is 13.2 Å². The third-order valence-electron chi connectivity index (χ3n) is 3.25. The third-order valence-corrected chi connectivity index (χ3v) is 3.25. The number of ether oxygens (including phenoxy) is 1.